The SMILES string of the molecule is CC(C)c1c[nH]c(=S)n1-c1ccc(Cl)cc1Cl. The maximum absolute atomic E-state index is 6.20. The lowest BCUT2D eigenvalue weighted by molar-refractivity contribution is 0.783. The first-order valence-electron chi connectivity index (χ1n) is 5.26. The van der Waals surface area contributed by atoms with Crippen LogP contribution in [0.5, 0.6) is 0 Å². The predicted molar refractivity (Wildman–Crippen MR) is 75.1 cm³/mol. The lowest BCUT2D eigenvalue weighted by atomic mass is 10.1. The number of H-pyrrole nitrogens is 1. The fourth-order valence-electron chi connectivity index (χ4n) is 1.72. The molecule has 0 aliphatic rings. The molecular formula is C12H12Cl2N2S. The van der Waals surface area contributed by atoms with Crippen LogP contribution in [0, 0.1) is 4.77 Å². The van der Waals surface area contributed by atoms with Gasteiger partial charge in [-0.05, 0) is 36.3 Å². The molecule has 1 N–H and O–H groups in total. The van der Waals surface area contributed by atoms with E-state index in [4.69, 9.17) is 35.4 Å². The van der Waals surface area contributed by atoms with E-state index in [1.54, 1.807) is 6.07 Å². The molecule has 0 radical (unpaired) electrons. The highest BCUT2D eigenvalue weighted by Crippen LogP contribution is 2.28. The fourth-order valence-corrected chi connectivity index (χ4v) is 2.47. The Morgan fingerprint density at radius 2 is 2.00 bits per heavy atom. The third-order valence-corrected chi connectivity index (χ3v) is 3.39. The van der Waals surface area contributed by atoms with Gasteiger partial charge in [0, 0.05) is 16.9 Å². The molecule has 2 nitrogen and oxygen atoms in total. The van der Waals surface area contributed by atoms with E-state index in [0.29, 0.717) is 20.7 Å². The first-order valence-corrected chi connectivity index (χ1v) is 6.43. The van der Waals surface area contributed by atoms with Crippen LogP contribution in [0.25, 0.3) is 5.69 Å². The standard InChI is InChI=1S/C12H12Cl2N2S/c1-7(2)11-6-15-12(17)16(11)10-4-3-8(13)5-9(10)14/h3-7H,1-2H3,(H,15,17). The topological polar surface area (TPSA) is 20.7 Å². The summed E-state index contributed by atoms with van der Waals surface area (Å²) in [6, 6.07) is 5.40. The van der Waals surface area contributed by atoms with Crippen molar-refractivity contribution in [2.45, 2.75) is 19.8 Å². The zero-order chi connectivity index (χ0) is 12.6. The van der Waals surface area contributed by atoms with Crippen molar-refractivity contribution in [3.63, 3.8) is 0 Å². The van der Waals surface area contributed by atoms with Gasteiger partial charge >= 0.3 is 0 Å². The third kappa shape index (κ3) is 2.41. The number of hydrogen-bond donors (Lipinski definition) is 1. The second kappa shape index (κ2) is 4.84. The zero-order valence-corrected chi connectivity index (χ0v) is 11.8. The summed E-state index contributed by atoms with van der Waals surface area (Å²) in [4.78, 5) is 3.05. The molecule has 0 spiro atoms. The normalized spacial score (nSPS) is 11.1. The Labute approximate surface area is 115 Å². The maximum atomic E-state index is 6.20. The number of benzene rings is 1. The molecule has 1 aromatic carbocycles. The molecule has 0 amide bonds. The Hall–Kier alpha value is -0.770. The predicted octanol–water partition coefficient (Wildman–Crippen LogP) is 4.97. The van der Waals surface area contributed by atoms with Gasteiger partial charge in [-0.2, -0.15) is 0 Å². The summed E-state index contributed by atoms with van der Waals surface area (Å²) in [5.41, 5.74) is 1.95. The van der Waals surface area contributed by atoms with E-state index in [9.17, 15) is 0 Å². The van der Waals surface area contributed by atoms with E-state index in [0.717, 1.165) is 11.4 Å². The smallest absolute Gasteiger partial charge is 0.182 e. The number of hydrogen-bond acceptors (Lipinski definition) is 1. The molecule has 90 valence electrons. The van der Waals surface area contributed by atoms with Crippen LogP contribution in [0.4, 0.5) is 0 Å². The van der Waals surface area contributed by atoms with Gasteiger partial charge in [0.1, 0.15) is 0 Å². The van der Waals surface area contributed by atoms with E-state index >= 15 is 0 Å². The van der Waals surface area contributed by atoms with Crippen molar-refractivity contribution >= 4 is 35.4 Å². The number of nitrogens with one attached hydrogen (secondary N) is 1. The lowest BCUT2D eigenvalue weighted by Crippen LogP contribution is -2.02. The number of rotatable bonds is 2. The van der Waals surface area contributed by atoms with Crippen molar-refractivity contribution in [1.82, 2.24) is 9.55 Å². The van der Waals surface area contributed by atoms with Crippen molar-refractivity contribution in [3.05, 3.63) is 44.9 Å². The molecule has 0 fully saturated rings. The molecule has 0 saturated carbocycles. The van der Waals surface area contributed by atoms with Gasteiger partial charge in [-0.1, -0.05) is 37.0 Å². The molecule has 1 aromatic heterocycles. The Balaban J connectivity index is 2.68. The van der Waals surface area contributed by atoms with Gasteiger partial charge in [0.25, 0.3) is 0 Å². The van der Waals surface area contributed by atoms with Crippen molar-refractivity contribution in [1.29, 1.82) is 0 Å². The Morgan fingerprint density at radius 1 is 1.29 bits per heavy atom. The minimum absolute atomic E-state index is 0.356. The molecule has 0 atom stereocenters. The molecule has 2 aromatic rings. The number of nitrogens with zero attached hydrogens (tertiary/aromatic N) is 1. The second-order valence-corrected chi connectivity index (χ2v) is 5.33. The summed E-state index contributed by atoms with van der Waals surface area (Å²) in [5, 5.41) is 1.21. The van der Waals surface area contributed by atoms with Crippen molar-refractivity contribution in [2.75, 3.05) is 0 Å². The summed E-state index contributed by atoms with van der Waals surface area (Å²) in [7, 11) is 0. The summed E-state index contributed by atoms with van der Waals surface area (Å²) in [6.07, 6.45) is 1.91. The third-order valence-electron chi connectivity index (χ3n) is 2.55. The molecule has 0 saturated heterocycles. The van der Waals surface area contributed by atoms with Crippen LogP contribution in [0.1, 0.15) is 25.5 Å². The van der Waals surface area contributed by atoms with Crippen LogP contribution in [0.3, 0.4) is 0 Å². The zero-order valence-electron chi connectivity index (χ0n) is 9.50. The lowest BCUT2D eigenvalue weighted by Gasteiger charge is -2.12. The van der Waals surface area contributed by atoms with Gasteiger partial charge in [0.05, 0.1) is 10.7 Å². The van der Waals surface area contributed by atoms with Gasteiger partial charge < -0.3 is 4.98 Å². The first kappa shape index (κ1) is 12.7. The van der Waals surface area contributed by atoms with Gasteiger partial charge in [-0.15, -0.1) is 0 Å². The summed E-state index contributed by atoms with van der Waals surface area (Å²) < 4.78 is 2.58. The summed E-state index contributed by atoms with van der Waals surface area (Å²) in [6.45, 7) is 4.22. The number of aromatic nitrogens is 2. The summed E-state index contributed by atoms with van der Waals surface area (Å²) in [5.74, 6) is 0.356. The van der Waals surface area contributed by atoms with Crippen LogP contribution in [-0.4, -0.2) is 9.55 Å². The van der Waals surface area contributed by atoms with E-state index in [1.807, 2.05) is 22.9 Å². The second-order valence-electron chi connectivity index (χ2n) is 4.10. The van der Waals surface area contributed by atoms with Gasteiger partial charge in [-0.3, -0.25) is 4.57 Å². The summed E-state index contributed by atoms with van der Waals surface area (Å²) >= 11 is 17.4. The highest BCUT2D eigenvalue weighted by atomic mass is 35.5. The fraction of sp³-hybridized carbons (Fsp3) is 0.250. The van der Waals surface area contributed by atoms with Crippen LogP contribution in [0.2, 0.25) is 10.0 Å². The molecule has 0 aliphatic carbocycles. The van der Waals surface area contributed by atoms with Crippen LogP contribution in [0.15, 0.2) is 24.4 Å². The average molecular weight is 287 g/mol. The molecule has 2 rings (SSSR count). The van der Waals surface area contributed by atoms with Crippen molar-refractivity contribution in [2.24, 2.45) is 0 Å². The number of imidazole rings is 1. The molecule has 17 heavy (non-hydrogen) atoms. The minimum atomic E-state index is 0.356. The molecule has 5 heteroatoms. The molecule has 0 aliphatic heterocycles. The molecular weight excluding hydrogens is 275 g/mol. The van der Waals surface area contributed by atoms with Crippen molar-refractivity contribution < 1.29 is 0 Å². The van der Waals surface area contributed by atoms with Crippen LogP contribution in [-0.2, 0) is 0 Å². The largest absolute Gasteiger partial charge is 0.337 e. The van der Waals surface area contributed by atoms with Gasteiger partial charge in [-0.25, -0.2) is 0 Å². The van der Waals surface area contributed by atoms with E-state index in [1.165, 1.54) is 0 Å². The highest BCUT2D eigenvalue weighted by Gasteiger charge is 2.12. The molecule has 0 unspecified atom stereocenters. The van der Waals surface area contributed by atoms with E-state index in [-0.39, 0.29) is 0 Å². The molecule has 0 bridgehead atoms. The van der Waals surface area contributed by atoms with Gasteiger partial charge in [0.2, 0.25) is 0 Å². The quantitative estimate of drug-likeness (QED) is 0.774. The Bertz CT molecular complexity index is 599. The van der Waals surface area contributed by atoms with E-state index < -0.39 is 0 Å². The number of aromatic amines is 1. The highest BCUT2D eigenvalue weighted by molar-refractivity contribution is 7.71. The maximum Gasteiger partial charge on any atom is 0.182 e. The monoisotopic (exact) mass is 286 g/mol. The van der Waals surface area contributed by atoms with Gasteiger partial charge in [0.15, 0.2) is 4.77 Å². The Morgan fingerprint density at radius 3 is 2.59 bits per heavy atom. The number of halogens is 2. The minimum Gasteiger partial charge on any atom is -0.337 e. The van der Waals surface area contributed by atoms with Crippen LogP contribution >= 0.6 is 35.4 Å². The van der Waals surface area contributed by atoms with Crippen LogP contribution < -0.4 is 0 Å². The van der Waals surface area contributed by atoms with E-state index in [2.05, 4.69) is 18.8 Å². The van der Waals surface area contributed by atoms with Crippen molar-refractivity contribution in [3.8, 4) is 5.69 Å². The first-order chi connectivity index (χ1) is 8.00. The Kier molecular flexibility index (Phi) is 3.61. The average Bonchev–Trinajstić information content (AvgIpc) is 2.60. The molecule has 1 heterocycles.